The predicted octanol–water partition coefficient (Wildman–Crippen LogP) is 6.07. The first kappa shape index (κ1) is 27.8. The summed E-state index contributed by atoms with van der Waals surface area (Å²) in [6, 6.07) is 4.24. The lowest BCUT2D eigenvalue weighted by Gasteiger charge is -2.24. The van der Waals surface area contributed by atoms with Crippen LogP contribution in [0.3, 0.4) is 0 Å². The van der Waals surface area contributed by atoms with Gasteiger partial charge in [-0.2, -0.15) is 0 Å². The van der Waals surface area contributed by atoms with E-state index in [1.54, 1.807) is 12.4 Å². The van der Waals surface area contributed by atoms with Crippen molar-refractivity contribution in [1.82, 2.24) is 20.6 Å². The van der Waals surface area contributed by atoms with E-state index in [2.05, 4.69) is 27.5 Å². The molecule has 2 fully saturated rings. The summed E-state index contributed by atoms with van der Waals surface area (Å²) in [6.07, 6.45) is 13.8. The SMILES string of the molecule is Cc1cc(OCCCC2CCC(C)C(Cc3ncc(Cl)cn3)CC2)cc(C)c1C(=O)NC1CCCNC1. The Kier molecular flexibility index (Phi) is 10.2. The van der Waals surface area contributed by atoms with Gasteiger partial charge in [-0.15, -0.1) is 0 Å². The van der Waals surface area contributed by atoms with E-state index in [1.165, 1.54) is 32.1 Å². The Morgan fingerprint density at radius 1 is 1.11 bits per heavy atom. The van der Waals surface area contributed by atoms with Gasteiger partial charge < -0.3 is 15.4 Å². The van der Waals surface area contributed by atoms with Crippen LogP contribution in [0.2, 0.25) is 5.02 Å². The van der Waals surface area contributed by atoms with Gasteiger partial charge in [0.1, 0.15) is 11.6 Å². The van der Waals surface area contributed by atoms with Gasteiger partial charge in [-0.3, -0.25) is 4.79 Å². The summed E-state index contributed by atoms with van der Waals surface area (Å²) in [5, 5.41) is 7.15. The third-order valence-electron chi connectivity index (χ3n) is 8.29. The smallest absolute Gasteiger partial charge is 0.252 e. The van der Waals surface area contributed by atoms with Crippen molar-refractivity contribution in [3.63, 3.8) is 0 Å². The maximum Gasteiger partial charge on any atom is 0.252 e. The van der Waals surface area contributed by atoms with Gasteiger partial charge in [0.25, 0.3) is 5.91 Å². The number of hydrogen-bond acceptors (Lipinski definition) is 5. The van der Waals surface area contributed by atoms with Crippen molar-refractivity contribution in [2.75, 3.05) is 19.7 Å². The van der Waals surface area contributed by atoms with Gasteiger partial charge in [0.05, 0.1) is 11.6 Å². The van der Waals surface area contributed by atoms with Gasteiger partial charge in [0.2, 0.25) is 0 Å². The third kappa shape index (κ3) is 8.15. The Morgan fingerprint density at radius 3 is 2.54 bits per heavy atom. The van der Waals surface area contributed by atoms with Crippen LogP contribution < -0.4 is 15.4 Å². The molecule has 1 aromatic carbocycles. The second kappa shape index (κ2) is 13.6. The van der Waals surface area contributed by atoms with Crippen LogP contribution >= 0.6 is 11.6 Å². The van der Waals surface area contributed by atoms with Gasteiger partial charge in [-0.25, -0.2) is 9.97 Å². The molecule has 7 heteroatoms. The molecule has 0 spiro atoms. The first-order valence-corrected chi connectivity index (χ1v) is 14.5. The molecule has 0 radical (unpaired) electrons. The molecule has 1 saturated heterocycles. The van der Waals surface area contributed by atoms with Crippen molar-refractivity contribution in [2.45, 2.75) is 84.6 Å². The number of benzene rings is 1. The molecule has 37 heavy (non-hydrogen) atoms. The van der Waals surface area contributed by atoms with Crippen LogP contribution in [0.15, 0.2) is 24.5 Å². The van der Waals surface area contributed by atoms with E-state index in [9.17, 15) is 4.79 Å². The minimum Gasteiger partial charge on any atom is -0.494 e. The predicted molar refractivity (Wildman–Crippen MR) is 149 cm³/mol. The number of carbonyl (C=O) groups excluding carboxylic acids is 1. The van der Waals surface area contributed by atoms with Crippen LogP contribution in [0, 0.1) is 31.6 Å². The number of halogens is 1. The highest BCUT2D eigenvalue weighted by atomic mass is 35.5. The summed E-state index contributed by atoms with van der Waals surface area (Å²) >= 11 is 5.94. The molecule has 4 atom stereocenters. The Balaban J connectivity index is 1.21. The topological polar surface area (TPSA) is 76.1 Å². The highest BCUT2D eigenvalue weighted by molar-refractivity contribution is 6.30. The average molecular weight is 527 g/mol. The molecule has 1 aromatic heterocycles. The van der Waals surface area contributed by atoms with Crippen molar-refractivity contribution < 1.29 is 9.53 Å². The first-order valence-electron chi connectivity index (χ1n) is 14.1. The second-order valence-electron chi connectivity index (χ2n) is 11.2. The molecular weight excluding hydrogens is 484 g/mol. The monoisotopic (exact) mass is 526 g/mol. The average Bonchev–Trinajstić information content (AvgIpc) is 3.04. The zero-order valence-electron chi connectivity index (χ0n) is 22.7. The van der Waals surface area contributed by atoms with Gasteiger partial charge in [0.15, 0.2) is 0 Å². The number of aryl methyl sites for hydroxylation is 2. The maximum absolute atomic E-state index is 12.9. The standard InChI is InChI=1S/C30H43ClN4O2/c1-20-8-9-23(10-11-24(20)16-28-33-17-25(31)18-34-28)6-5-13-37-27-14-21(2)29(22(3)15-27)30(36)35-26-7-4-12-32-19-26/h14-15,17-18,20,23-24,26,32H,4-13,16,19H2,1-3H3,(H,35,36). The van der Waals surface area contributed by atoms with Gasteiger partial charge >= 0.3 is 0 Å². The van der Waals surface area contributed by atoms with Gasteiger partial charge in [-0.05, 0) is 93.5 Å². The van der Waals surface area contributed by atoms with Crippen LogP contribution in [0.4, 0.5) is 0 Å². The minimum absolute atomic E-state index is 0.0266. The molecule has 6 nitrogen and oxygen atoms in total. The van der Waals surface area contributed by atoms with Crippen molar-refractivity contribution in [2.24, 2.45) is 17.8 Å². The van der Waals surface area contributed by atoms with E-state index >= 15 is 0 Å². The molecule has 1 aliphatic heterocycles. The highest BCUT2D eigenvalue weighted by Gasteiger charge is 2.25. The fraction of sp³-hybridized carbons (Fsp3) is 0.633. The summed E-state index contributed by atoms with van der Waals surface area (Å²) in [6.45, 7) is 9.00. The lowest BCUT2D eigenvalue weighted by Crippen LogP contribution is -2.45. The Bertz CT molecular complexity index is 1000. The van der Waals surface area contributed by atoms with E-state index in [0.29, 0.717) is 23.5 Å². The van der Waals surface area contributed by atoms with Crippen molar-refractivity contribution in [3.05, 3.63) is 52.1 Å². The maximum atomic E-state index is 12.9. The van der Waals surface area contributed by atoms with Crippen LogP contribution in [0.5, 0.6) is 5.75 Å². The molecular formula is C30H43ClN4O2. The molecule has 1 aliphatic carbocycles. The van der Waals surface area contributed by atoms with Crippen LogP contribution in [-0.4, -0.2) is 41.6 Å². The largest absolute Gasteiger partial charge is 0.494 e. The van der Waals surface area contributed by atoms with E-state index < -0.39 is 0 Å². The Labute approximate surface area is 227 Å². The van der Waals surface area contributed by atoms with Crippen molar-refractivity contribution in [3.8, 4) is 5.75 Å². The van der Waals surface area contributed by atoms with E-state index in [0.717, 1.165) is 73.0 Å². The normalized spacial score (nSPS) is 24.3. The number of piperidine rings is 1. The molecule has 4 unspecified atom stereocenters. The quantitative estimate of drug-likeness (QED) is 0.306. The van der Waals surface area contributed by atoms with E-state index in [4.69, 9.17) is 16.3 Å². The number of ether oxygens (including phenoxy) is 1. The number of carbonyl (C=O) groups is 1. The molecule has 2 heterocycles. The van der Waals surface area contributed by atoms with Gasteiger partial charge in [0, 0.05) is 37.0 Å². The molecule has 1 saturated carbocycles. The van der Waals surface area contributed by atoms with E-state index in [-0.39, 0.29) is 11.9 Å². The summed E-state index contributed by atoms with van der Waals surface area (Å²) in [4.78, 5) is 21.7. The van der Waals surface area contributed by atoms with E-state index in [1.807, 2.05) is 26.0 Å². The van der Waals surface area contributed by atoms with Gasteiger partial charge in [-0.1, -0.05) is 37.8 Å². The number of hydrogen-bond donors (Lipinski definition) is 2. The fourth-order valence-electron chi connectivity index (χ4n) is 6.04. The third-order valence-corrected chi connectivity index (χ3v) is 8.49. The molecule has 202 valence electrons. The van der Waals surface area contributed by atoms with Crippen molar-refractivity contribution >= 4 is 17.5 Å². The molecule has 2 aromatic rings. The zero-order chi connectivity index (χ0) is 26.2. The molecule has 2 N–H and O–H groups in total. The molecule has 0 bridgehead atoms. The number of nitrogens with one attached hydrogen (secondary N) is 2. The lowest BCUT2D eigenvalue weighted by atomic mass is 9.87. The Morgan fingerprint density at radius 2 is 1.84 bits per heavy atom. The second-order valence-corrected chi connectivity index (χ2v) is 11.7. The lowest BCUT2D eigenvalue weighted by molar-refractivity contribution is 0.0929. The van der Waals surface area contributed by atoms with Crippen LogP contribution in [0.25, 0.3) is 0 Å². The Hall–Kier alpha value is -2.18. The number of aromatic nitrogens is 2. The molecule has 4 rings (SSSR count). The minimum atomic E-state index is 0.0266. The fourth-order valence-corrected chi connectivity index (χ4v) is 6.14. The number of amides is 1. The van der Waals surface area contributed by atoms with Crippen LogP contribution in [0.1, 0.15) is 85.6 Å². The summed E-state index contributed by atoms with van der Waals surface area (Å²) in [5.74, 6) is 3.89. The molecule has 1 amide bonds. The van der Waals surface area contributed by atoms with Crippen molar-refractivity contribution in [1.29, 1.82) is 0 Å². The highest BCUT2D eigenvalue weighted by Crippen LogP contribution is 2.35. The summed E-state index contributed by atoms with van der Waals surface area (Å²) < 4.78 is 6.14. The summed E-state index contributed by atoms with van der Waals surface area (Å²) in [7, 11) is 0. The zero-order valence-corrected chi connectivity index (χ0v) is 23.4. The number of rotatable bonds is 9. The van der Waals surface area contributed by atoms with Crippen LogP contribution in [-0.2, 0) is 6.42 Å². The molecule has 2 aliphatic rings. The summed E-state index contributed by atoms with van der Waals surface area (Å²) in [5.41, 5.74) is 2.73. The first-order chi connectivity index (χ1) is 17.9. The number of nitrogens with zero attached hydrogens (tertiary/aromatic N) is 2.